The maximum absolute atomic E-state index is 12.3. The van der Waals surface area contributed by atoms with Gasteiger partial charge in [0.05, 0.1) is 0 Å². The van der Waals surface area contributed by atoms with Crippen LogP contribution in [0.1, 0.15) is 21.6 Å². The third-order valence-electron chi connectivity index (χ3n) is 2.51. The van der Waals surface area contributed by atoms with E-state index in [-0.39, 0.29) is 0 Å². The molecule has 0 unspecified atom stereocenters. The fourth-order valence-electron chi connectivity index (χ4n) is 1.47. The third kappa shape index (κ3) is 3.53. The number of carbonyl (C=O) groups excluding carboxylic acids is 1. The van der Waals surface area contributed by atoms with Gasteiger partial charge in [-0.2, -0.15) is 13.2 Å². The van der Waals surface area contributed by atoms with Gasteiger partial charge in [0.25, 0.3) is 0 Å². The molecule has 0 bridgehead atoms. The largest absolute Gasteiger partial charge is 0.433 e. The molecule has 0 aliphatic heterocycles. The van der Waals surface area contributed by atoms with Crippen LogP contribution in [0.4, 0.5) is 19.0 Å². The minimum absolute atomic E-state index is 0.290. The summed E-state index contributed by atoms with van der Waals surface area (Å²) >= 11 is 0. The van der Waals surface area contributed by atoms with Crippen molar-refractivity contribution >= 4 is 12.1 Å². The van der Waals surface area contributed by atoms with Gasteiger partial charge in [0.15, 0.2) is 6.29 Å². The number of aldehydes is 1. The molecule has 20 heavy (non-hydrogen) atoms. The van der Waals surface area contributed by atoms with Crippen molar-refractivity contribution in [1.29, 1.82) is 0 Å². The van der Waals surface area contributed by atoms with E-state index in [2.05, 4.69) is 15.3 Å². The first-order valence-corrected chi connectivity index (χ1v) is 5.66. The lowest BCUT2D eigenvalue weighted by Crippen LogP contribution is -2.08. The Morgan fingerprint density at radius 1 is 1.10 bits per heavy atom. The second-order valence-electron chi connectivity index (χ2n) is 4.00. The van der Waals surface area contributed by atoms with Crippen molar-refractivity contribution in [3.8, 4) is 0 Å². The second-order valence-corrected chi connectivity index (χ2v) is 4.00. The summed E-state index contributed by atoms with van der Waals surface area (Å²) < 4.78 is 37.0. The Morgan fingerprint density at radius 3 is 2.40 bits per heavy atom. The number of anilines is 1. The first kappa shape index (κ1) is 14.0. The summed E-state index contributed by atoms with van der Waals surface area (Å²) in [4.78, 5) is 17.8. The van der Waals surface area contributed by atoms with Gasteiger partial charge in [-0.25, -0.2) is 4.98 Å². The molecule has 0 saturated heterocycles. The number of halogens is 3. The number of hydrogen-bond donors (Lipinski definition) is 1. The van der Waals surface area contributed by atoms with Crippen LogP contribution >= 0.6 is 0 Å². The van der Waals surface area contributed by atoms with E-state index in [1.54, 1.807) is 12.1 Å². The van der Waals surface area contributed by atoms with Crippen molar-refractivity contribution in [2.75, 3.05) is 5.32 Å². The van der Waals surface area contributed by atoms with Crippen LogP contribution in [-0.2, 0) is 12.7 Å². The number of hydrogen-bond acceptors (Lipinski definition) is 4. The van der Waals surface area contributed by atoms with Gasteiger partial charge in [-0.05, 0) is 23.8 Å². The lowest BCUT2D eigenvalue weighted by atomic mass is 10.2. The predicted molar refractivity (Wildman–Crippen MR) is 66.2 cm³/mol. The lowest BCUT2D eigenvalue weighted by Gasteiger charge is -2.08. The first-order valence-electron chi connectivity index (χ1n) is 5.66. The zero-order valence-electron chi connectivity index (χ0n) is 10.2. The number of aromatic nitrogens is 2. The Balaban J connectivity index is 1.98. The van der Waals surface area contributed by atoms with Crippen molar-refractivity contribution in [1.82, 2.24) is 9.97 Å². The maximum Gasteiger partial charge on any atom is 0.433 e. The Hall–Kier alpha value is -2.44. The smallest absolute Gasteiger partial charge is 0.366 e. The number of nitrogens with zero attached hydrogens (tertiary/aromatic N) is 2. The topological polar surface area (TPSA) is 54.9 Å². The monoisotopic (exact) mass is 281 g/mol. The molecule has 0 aromatic carbocycles. The van der Waals surface area contributed by atoms with Crippen molar-refractivity contribution in [3.63, 3.8) is 0 Å². The summed E-state index contributed by atoms with van der Waals surface area (Å²) in [6.45, 7) is 0.290. The molecule has 2 rings (SSSR count). The summed E-state index contributed by atoms with van der Waals surface area (Å²) in [5, 5.41) is 2.92. The molecule has 0 atom stereocenters. The average molecular weight is 281 g/mol. The fourth-order valence-corrected chi connectivity index (χ4v) is 1.47. The van der Waals surface area contributed by atoms with Gasteiger partial charge in [0, 0.05) is 24.5 Å². The zero-order chi connectivity index (χ0) is 14.6. The average Bonchev–Trinajstić information content (AvgIpc) is 2.45. The number of pyridine rings is 2. The highest BCUT2D eigenvalue weighted by Gasteiger charge is 2.31. The Morgan fingerprint density at radius 2 is 1.90 bits per heavy atom. The number of rotatable bonds is 4. The Bertz CT molecular complexity index is 579. The maximum atomic E-state index is 12.3. The predicted octanol–water partition coefficient (Wildman–Crippen LogP) is 2.92. The minimum Gasteiger partial charge on any atom is -0.366 e. The van der Waals surface area contributed by atoms with Gasteiger partial charge in [-0.3, -0.25) is 9.78 Å². The molecule has 0 fully saturated rings. The van der Waals surface area contributed by atoms with Crippen LogP contribution in [0.15, 0.2) is 36.7 Å². The molecule has 2 aromatic heterocycles. The molecule has 2 aromatic rings. The standard InChI is InChI=1S/C13H10F3N3O/c14-13(15,16)11-3-1-9(5-17-11)6-18-12-4-2-10(8-20)7-19-12/h1-5,7-8H,6H2,(H,18,19). The van der Waals surface area contributed by atoms with E-state index in [4.69, 9.17) is 0 Å². The number of alkyl halides is 3. The molecular weight excluding hydrogens is 271 g/mol. The minimum atomic E-state index is -4.43. The molecule has 0 amide bonds. The number of carbonyl (C=O) groups is 1. The molecule has 0 aliphatic carbocycles. The molecule has 0 spiro atoms. The van der Waals surface area contributed by atoms with Crippen LogP contribution in [-0.4, -0.2) is 16.3 Å². The van der Waals surface area contributed by atoms with E-state index in [1.165, 1.54) is 12.3 Å². The Kier molecular flexibility index (Phi) is 3.97. The summed E-state index contributed by atoms with van der Waals surface area (Å²) in [6.07, 6.45) is -1.19. The van der Waals surface area contributed by atoms with Crippen LogP contribution in [0.25, 0.3) is 0 Å². The van der Waals surface area contributed by atoms with Crippen LogP contribution in [0.5, 0.6) is 0 Å². The molecule has 104 valence electrons. The fraction of sp³-hybridized carbons (Fsp3) is 0.154. The van der Waals surface area contributed by atoms with E-state index in [0.29, 0.717) is 29.8 Å². The van der Waals surface area contributed by atoms with Crippen molar-refractivity contribution < 1.29 is 18.0 Å². The van der Waals surface area contributed by atoms with Crippen molar-refractivity contribution in [2.45, 2.75) is 12.7 Å². The SMILES string of the molecule is O=Cc1ccc(NCc2ccc(C(F)(F)F)nc2)nc1. The van der Waals surface area contributed by atoms with Gasteiger partial charge in [-0.15, -0.1) is 0 Å². The molecule has 0 radical (unpaired) electrons. The Labute approximate surface area is 112 Å². The van der Waals surface area contributed by atoms with E-state index in [0.717, 1.165) is 12.3 Å². The highest BCUT2D eigenvalue weighted by atomic mass is 19.4. The zero-order valence-corrected chi connectivity index (χ0v) is 10.2. The molecule has 0 saturated carbocycles. The molecule has 4 nitrogen and oxygen atoms in total. The summed E-state index contributed by atoms with van der Waals surface area (Å²) in [5.41, 5.74) is 0.126. The van der Waals surface area contributed by atoms with E-state index in [9.17, 15) is 18.0 Å². The summed E-state index contributed by atoms with van der Waals surface area (Å²) in [5.74, 6) is 0.524. The second kappa shape index (κ2) is 5.68. The van der Waals surface area contributed by atoms with E-state index in [1.807, 2.05) is 0 Å². The van der Waals surface area contributed by atoms with Gasteiger partial charge in [0.1, 0.15) is 11.5 Å². The van der Waals surface area contributed by atoms with Crippen molar-refractivity contribution in [2.24, 2.45) is 0 Å². The van der Waals surface area contributed by atoms with Crippen LogP contribution in [0.2, 0.25) is 0 Å². The summed E-state index contributed by atoms with van der Waals surface area (Å²) in [6, 6.07) is 5.48. The van der Waals surface area contributed by atoms with Gasteiger partial charge < -0.3 is 5.32 Å². The lowest BCUT2D eigenvalue weighted by molar-refractivity contribution is -0.141. The quantitative estimate of drug-likeness (QED) is 0.875. The van der Waals surface area contributed by atoms with E-state index >= 15 is 0 Å². The first-order chi connectivity index (χ1) is 9.49. The number of nitrogens with one attached hydrogen (secondary N) is 1. The molecule has 2 heterocycles. The molecule has 0 aliphatic rings. The van der Waals surface area contributed by atoms with Crippen LogP contribution in [0, 0.1) is 0 Å². The molecule has 1 N–H and O–H groups in total. The normalized spacial score (nSPS) is 11.2. The van der Waals surface area contributed by atoms with E-state index < -0.39 is 11.9 Å². The van der Waals surface area contributed by atoms with Crippen LogP contribution in [0.3, 0.4) is 0 Å². The highest BCUT2D eigenvalue weighted by molar-refractivity contribution is 5.74. The van der Waals surface area contributed by atoms with Crippen LogP contribution < -0.4 is 5.32 Å². The summed E-state index contributed by atoms with van der Waals surface area (Å²) in [7, 11) is 0. The van der Waals surface area contributed by atoms with Gasteiger partial charge >= 0.3 is 6.18 Å². The van der Waals surface area contributed by atoms with Crippen molar-refractivity contribution in [3.05, 3.63) is 53.5 Å². The highest BCUT2D eigenvalue weighted by Crippen LogP contribution is 2.27. The molecule has 7 heteroatoms. The van der Waals surface area contributed by atoms with Gasteiger partial charge in [0.2, 0.25) is 0 Å². The van der Waals surface area contributed by atoms with Gasteiger partial charge in [-0.1, -0.05) is 6.07 Å². The molecular formula is C13H10F3N3O. The third-order valence-corrected chi connectivity index (χ3v) is 2.51.